The lowest BCUT2D eigenvalue weighted by molar-refractivity contribution is 0.0694. The Morgan fingerprint density at radius 1 is 1.10 bits per heavy atom. The largest absolute Gasteiger partial charge is 0.493 e. The van der Waals surface area contributed by atoms with E-state index >= 15 is 0 Å². The Labute approximate surface area is 127 Å². The van der Waals surface area contributed by atoms with Crippen molar-refractivity contribution in [1.82, 2.24) is 0 Å². The zero-order valence-corrected chi connectivity index (χ0v) is 13.6. The molecule has 5 heteroatoms. The van der Waals surface area contributed by atoms with Gasteiger partial charge in [-0.05, 0) is 37.5 Å². The summed E-state index contributed by atoms with van der Waals surface area (Å²) in [6, 6.07) is 4.02. The molecule has 0 heterocycles. The Hall–Kier alpha value is -1.46. The molecular weight excluding hydrogens is 270 g/mol. The van der Waals surface area contributed by atoms with Gasteiger partial charge in [0, 0.05) is 13.2 Å². The lowest BCUT2D eigenvalue weighted by Crippen LogP contribution is -2.21. The van der Waals surface area contributed by atoms with Crippen LogP contribution in [-0.2, 0) is 11.2 Å². The number of ether oxygens (including phenoxy) is 4. The van der Waals surface area contributed by atoms with Crippen LogP contribution in [0.5, 0.6) is 17.2 Å². The SMILES string of the molecule is CCC(N)Cc1cc(OC)c(OCC(C)OC)c(OC)c1. The van der Waals surface area contributed by atoms with Crippen LogP contribution in [0.4, 0.5) is 0 Å². The molecule has 0 saturated carbocycles. The Balaban J connectivity index is 3.00. The number of benzene rings is 1. The first-order valence-electron chi connectivity index (χ1n) is 7.21. The van der Waals surface area contributed by atoms with Gasteiger partial charge in [-0.2, -0.15) is 0 Å². The molecule has 21 heavy (non-hydrogen) atoms. The zero-order valence-electron chi connectivity index (χ0n) is 13.6. The molecule has 120 valence electrons. The van der Waals surface area contributed by atoms with Gasteiger partial charge in [0.1, 0.15) is 6.61 Å². The van der Waals surface area contributed by atoms with E-state index in [1.807, 2.05) is 19.1 Å². The highest BCUT2D eigenvalue weighted by atomic mass is 16.6. The van der Waals surface area contributed by atoms with Gasteiger partial charge in [0.25, 0.3) is 0 Å². The van der Waals surface area contributed by atoms with Gasteiger partial charge in [-0.25, -0.2) is 0 Å². The number of hydrogen-bond donors (Lipinski definition) is 1. The number of methoxy groups -OCH3 is 3. The van der Waals surface area contributed by atoms with E-state index in [1.54, 1.807) is 21.3 Å². The van der Waals surface area contributed by atoms with Crippen LogP contribution in [0, 0.1) is 0 Å². The van der Waals surface area contributed by atoms with E-state index in [1.165, 1.54) is 0 Å². The van der Waals surface area contributed by atoms with Crippen LogP contribution in [0.1, 0.15) is 25.8 Å². The van der Waals surface area contributed by atoms with Crippen molar-refractivity contribution in [2.75, 3.05) is 27.9 Å². The number of nitrogens with two attached hydrogens (primary N) is 1. The highest BCUT2D eigenvalue weighted by Crippen LogP contribution is 2.39. The fraction of sp³-hybridized carbons (Fsp3) is 0.625. The topological polar surface area (TPSA) is 62.9 Å². The van der Waals surface area contributed by atoms with Crippen LogP contribution in [-0.4, -0.2) is 40.1 Å². The van der Waals surface area contributed by atoms with Crippen LogP contribution in [0.2, 0.25) is 0 Å². The average Bonchev–Trinajstić information content (AvgIpc) is 2.51. The molecule has 0 aliphatic heterocycles. The normalized spacial score (nSPS) is 13.6. The second-order valence-corrected chi connectivity index (χ2v) is 5.06. The van der Waals surface area contributed by atoms with Gasteiger partial charge in [0.05, 0.1) is 20.3 Å². The lowest BCUT2D eigenvalue weighted by atomic mass is 10.0. The molecule has 1 rings (SSSR count). The van der Waals surface area contributed by atoms with Crippen LogP contribution in [0.3, 0.4) is 0 Å². The third-order valence-corrected chi connectivity index (χ3v) is 3.41. The Kier molecular flexibility index (Phi) is 7.32. The minimum absolute atomic E-state index is 0.00685. The lowest BCUT2D eigenvalue weighted by Gasteiger charge is -2.18. The summed E-state index contributed by atoms with van der Waals surface area (Å²) in [5, 5.41) is 0. The van der Waals surface area contributed by atoms with Crippen molar-refractivity contribution in [2.45, 2.75) is 38.8 Å². The molecule has 1 aromatic rings. The molecule has 0 spiro atoms. The summed E-state index contributed by atoms with van der Waals surface area (Å²) < 4.78 is 21.8. The quantitative estimate of drug-likeness (QED) is 0.758. The van der Waals surface area contributed by atoms with Gasteiger partial charge in [-0.1, -0.05) is 6.92 Å². The van der Waals surface area contributed by atoms with E-state index in [4.69, 9.17) is 24.7 Å². The van der Waals surface area contributed by atoms with E-state index in [2.05, 4.69) is 6.92 Å². The van der Waals surface area contributed by atoms with Gasteiger partial charge in [-0.15, -0.1) is 0 Å². The van der Waals surface area contributed by atoms with E-state index in [0.29, 0.717) is 23.9 Å². The van der Waals surface area contributed by atoms with Gasteiger partial charge in [0.15, 0.2) is 11.5 Å². The van der Waals surface area contributed by atoms with Crippen molar-refractivity contribution in [3.8, 4) is 17.2 Å². The first-order valence-corrected chi connectivity index (χ1v) is 7.21. The molecule has 0 bridgehead atoms. The molecule has 5 nitrogen and oxygen atoms in total. The minimum atomic E-state index is -0.00685. The monoisotopic (exact) mass is 297 g/mol. The summed E-state index contributed by atoms with van der Waals surface area (Å²) in [4.78, 5) is 0. The van der Waals surface area contributed by atoms with Crippen LogP contribution in [0.15, 0.2) is 12.1 Å². The van der Waals surface area contributed by atoms with Crippen molar-refractivity contribution in [1.29, 1.82) is 0 Å². The Morgan fingerprint density at radius 2 is 1.67 bits per heavy atom. The molecule has 0 fully saturated rings. The highest BCUT2D eigenvalue weighted by molar-refractivity contribution is 5.54. The molecule has 2 N–H and O–H groups in total. The predicted octanol–water partition coefficient (Wildman–Crippen LogP) is 2.40. The van der Waals surface area contributed by atoms with E-state index in [0.717, 1.165) is 18.4 Å². The molecule has 0 aromatic heterocycles. The molecule has 0 radical (unpaired) electrons. The summed E-state index contributed by atoms with van der Waals surface area (Å²) in [6.45, 7) is 4.44. The van der Waals surface area contributed by atoms with Crippen molar-refractivity contribution in [2.24, 2.45) is 5.73 Å². The summed E-state index contributed by atoms with van der Waals surface area (Å²) in [5.41, 5.74) is 7.09. The molecule has 1 aromatic carbocycles. The van der Waals surface area contributed by atoms with Crippen molar-refractivity contribution in [3.63, 3.8) is 0 Å². The van der Waals surface area contributed by atoms with Gasteiger partial charge in [-0.3, -0.25) is 0 Å². The fourth-order valence-electron chi connectivity index (χ4n) is 1.91. The standard InChI is InChI=1S/C16H27NO4/c1-6-13(17)7-12-8-14(19-4)16(15(9-12)20-5)21-10-11(2)18-3/h8-9,11,13H,6-7,10,17H2,1-5H3. The average molecular weight is 297 g/mol. The van der Waals surface area contributed by atoms with Gasteiger partial charge < -0.3 is 24.7 Å². The molecular formula is C16H27NO4. The Morgan fingerprint density at radius 3 is 2.10 bits per heavy atom. The van der Waals surface area contributed by atoms with Gasteiger partial charge >= 0.3 is 0 Å². The van der Waals surface area contributed by atoms with Crippen LogP contribution < -0.4 is 19.9 Å². The molecule has 2 unspecified atom stereocenters. The smallest absolute Gasteiger partial charge is 0.203 e. The number of hydrogen-bond acceptors (Lipinski definition) is 5. The maximum absolute atomic E-state index is 6.01. The fourth-order valence-corrected chi connectivity index (χ4v) is 1.91. The molecule has 0 saturated heterocycles. The third-order valence-electron chi connectivity index (χ3n) is 3.41. The van der Waals surface area contributed by atoms with Gasteiger partial charge in [0.2, 0.25) is 5.75 Å². The molecule has 0 amide bonds. The second kappa shape index (κ2) is 8.74. The molecule has 2 atom stereocenters. The van der Waals surface area contributed by atoms with Crippen LogP contribution >= 0.6 is 0 Å². The van der Waals surface area contributed by atoms with E-state index in [-0.39, 0.29) is 12.1 Å². The first-order chi connectivity index (χ1) is 10.0. The van der Waals surface area contributed by atoms with Crippen molar-refractivity contribution >= 4 is 0 Å². The Bertz CT molecular complexity index is 411. The second-order valence-electron chi connectivity index (χ2n) is 5.06. The summed E-state index contributed by atoms with van der Waals surface area (Å²) in [7, 11) is 4.88. The summed E-state index contributed by atoms with van der Waals surface area (Å²) >= 11 is 0. The zero-order chi connectivity index (χ0) is 15.8. The van der Waals surface area contributed by atoms with Crippen molar-refractivity contribution in [3.05, 3.63) is 17.7 Å². The maximum Gasteiger partial charge on any atom is 0.203 e. The highest BCUT2D eigenvalue weighted by Gasteiger charge is 2.16. The van der Waals surface area contributed by atoms with E-state index < -0.39 is 0 Å². The van der Waals surface area contributed by atoms with Crippen molar-refractivity contribution < 1.29 is 18.9 Å². The summed E-state index contributed by atoms with van der Waals surface area (Å²) in [6.07, 6.45) is 1.69. The number of rotatable bonds is 9. The third kappa shape index (κ3) is 5.10. The van der Waals surface area contributed by atoms with Crippen LogP contribution in [0.25, 0.3) is 0 Å². The maximum atomic E-state index is 6.01. The first kappa shape index (κ1) is 17.6. The summed E-state index contributed by atoms with van der Waals surface area (Å²) in [5.74, 6) is 1.89. The van der Waals surface area contributed by atoms with E-state index in [9.17, 15) is 0 Å². The molecule has 0 aliphatic carbocycles. The molecule has 0 aliphatic rings. The minimum Gasteiger partial charge on any atom is -0.493 e. The predicted molar refractivity (Wildman–Crippen MR) is 83.5 cm³/mol.